The zero-order chi connectivity index (χ0) is 18.9. The molecule has 27 heavy (non-hydrogen) atoms. The number of rotatable bonds is 5. The number of likely N-dealkylation sites (tertiary alicyclic amines) is 2. The van der Waals surface area contributed by atoms with Crippen molar-refractivity contribution in [2.24, 2.45) is 12.5 Å². The maximum atomic E-state index is 12.2. The van der Waals surface area contributed by atoms with Gasteiger partial charge in [0.25, 0.3) is 0 Å². The normalized spacial score (nSPS) is 20.7. The van der Waals surface area contributed by atoms with Crippen LogP contribution < -0.4 is 0 Å². The summed E-state index contributed by atoms with van der Waals surface area (Å²) in [6, 6.07) is 10.9. The number of piperidine rings is 2. The van der Waals surface area contributed by atoms with Gasteiger partial charge in [0.05, 0.1) is 0 Å². The van der Waals surface area contributed by atoms with Crippen LogP contribution >= 0.6 is 0 Å². The Morgan fingerprint density at radius 2 is 1.93 bits per heavy atom. The molecule has 0 unspecified atom stereocenters. The highest BCUT2D eigenvalue weighted by Gasteiger charge is 2.40. The fraction of sp³-hybridized carbons (Fsp3) is 0.591. The molecule has 2 fully saturated rings. The van der Waals surface area contributed by atoms with Gasteiger partial charge in [-0.1, -0.05) is 18.2 Å². The summed E-state index contributed by atoms with van der Waals surface area (Å²) in [5.41, 5.74) is 2.96. The van der Waals surface area contributed by atoms with Crippen molar-refractivity contribution >= 4 is 16.8 Å². The maximum absolute atomic E-state index is 12.2. The molecule has 1 aromatic carbocycles. The molecule has 146 valence electrons. The lowest BCUT2D eigenvalue weighted by Gasteiger charge is -2.47. The number of carbonyl (C=O) groups excluding carboxylic acids is 1. The smallest absolute Gasteiger partial charge is 0.222 e. The van der Waals surface area contributed by atoms with Gasteiger partial charge in [-0.25, -0.2) is 0 Å². The van der Waals surface area contributed by atoms with Crippen LogP contribution in [0.2, 0.25) is 0 Å². The summed E-state index contributed by atoms with van der Waals surface area (Å²) in [5, 5.41) is 10.4. The average Bonchev–Trinajstić information content (AvgIpc) is 3.00. The van der Waals surface area contributed by atoms with E-state index in [-0.39, 0.29) is 12.5 Å². The molecule has 1 aromatic heterocycles. The Hall–Kier alpha value is -1.85. The molecule has 2 aliphatic rings. The molecule has 3 heterocycles. The molecule has 1 spiro atoms. The fourth-order valence-electron chi connectivity index (χ4n) is 4.89. The van der Waals surface area contributed by atoms with Crippen LogP contribution in [0.5, 0.6) is 0 Å². The standard InChI is InChI=1S/C22H31N3O2/c1-23-19(15-18-5-2-3-6-20(18)23)16-24-12-9-22(10-13-24)8-7-21(27)25(17-22)11-4-14-26/h2-3,5-6,15,26H,4,7-14,16-17H2,1H3. The van der Waals surface area contributed by atoms with Crippen LogP contribution in [0.4, 0.5) is 0 Å². The summed E-state index contributed by atoms with van der Waals surface area (Å²) in [6.45, 7) is 4.95. The minimum atomic E-state index is 0.162. The first-order chi connectivity index (χ1) is 13.1. The van der Waals surface area contributed by atoms with E-state index in [1.165, 1.54) is 29.4 Å². The van der Waals surface area contributed by atoms with Gasteiger partial charge in [-0.2, -0.15) is 0 Å². The van der Waals surface area contributed by atoms with Gasteiger partial charge >= 0.3 is 0 Å². The van der Waals surface area contributed by atoms with Gasteiger partial charge in [0.1, 0.15) is 0 Å². The van der Waals surface area contributed by atoms with E-state index >= 15 is 0 Å². The topological polar surface area (TPSA) is 48.7 Å². The van der Waals surface area contributed by atoms with Crippen molar-refractivity contribution in [2.45, 2.75) is 38.6 Å². The Kier molecular flexibility index (Phi) is 5.24. The zero-order valence-electron chi connectivity index (χ0n) is 16.4. The van der Waals surface area contributed by atoms with Gasteiger partial charge in [-0.05, 0) is 61.7 Å². The van der Waals surface area contributed by atoms with E-state index in [0.29, 0.717) is 24.8 Å². The Bertz CT molecular complexity index is 805. The van der Waals surface area contributed by atoms with Crippen LogP contribution in [0.15, 0.2) is 30.3 Å². The van der Waals surface area contributed by atoms with Crippen molar-refractivity contribution in [3.63, 3.8) is 0 Å². The lowest BCUT2D eigenvalue weighted by atomic mass is 9.72. The molecule has 2 aromatic rings. The van der Waals surface area contributed by atoms with E-state index in [9.17, 15) is 4.79 Å². The monoisotopic (exact) mass is 369 g/mol. The Balaban J connectivity index is 1.38. The number of hydrogen-bond donors (Lipinski definition) is 1. The van der Waals surface area contributed by atoms with E-state index in [0.717, 1.165) is 32.6 Å². The molecule has 0 bridgehead atoms. The van der Waals surface area contributed by atoms with Crippen LogP contribution in [-0.4, -0.2) is 58.2 Å². The second-order valence-corrected chi connectivity index (χ2v) is 8.42. The van der Waals surface area contributed by atoms with Crippen LogP contribution in [0, 0.1) is 5.41 Å². The second-order valence-electron chi connectivity index (χ2n) is 8.42. The number of hydrogen-bond acceptors (Lipinski definition) is 3. The molecular weight excluding hydrogens is 338 g/mol. The number of aromatic nitrogens is 1. The first kappa shape index (κ1) is 18.5. The van der Waals surface area contributed by atoms with Gasteiger partial charge in [0.15, 0.2) is 0 Å². The average molecular weight is 370 g/mol. The van der Waals surface area contributed by atoms with Gasteiger partial charge in [-0.15, -0.1) is 0 Å². The number of aliphatic hydroxyl groups excluding tert-OH is 1. The molecule has 0 radical (unpaired) electrons. The third-order valence-electron chi connectivity index (χ3n) is 6.69. The number of benzene rings is 1. The van der Waals surface area contributed by atoms with Crippen LogP contribution in [0.25, 0.3) is 10.9 Å². The van der Waals surface area contributed by atoms with Crippen molar-refractivity contribution in [3.8, 4) is 0 Å². The molecule has 5 heteroatoms. The van der Waals surface area contributed by atoms with Gasteiger partial charge < -0.3 is 14.6 Å². The number of para-hydroxylation sites is 1. The molecular formula is C22H31N3O2. The third kappa shape index (κ3) is 3.76. The zero-order valence-corrected chi connectivity index (χ0v) is 16.4. The highest BCUT2D eigenvalue weighted by atomic mass is 16.3. The predicted octanol–water partition coefficient (Wildman–Crippen LogP) is 2.77. The quantitative estimate of drug-likeness (QED) is 0.882. The van der Waals surface area contributed by atoms with Crippen LogP contribution in [0.1, 0.15) is 37.8 Å². The summed E-state index contributed by atoms with van der Waals surface area (Å²) in [7, 11) is 2.16. The molecule has 0 saturated carbocycles. The van der Waals surface area contributed by atoms with E-state index < -0.39 is 0 Å². The lowest BCUT2D eigenvalue weighted by Crippen LogP contribution is -2.51. The lowest BCUT2D eigenvalue weighted by molar-refractivity contribution is -0.139. The molecule has 1 amide bonds. The SMILES string of the molecule is Cn1c(CN2CCC3(CCC(=O)N(CCCO)C3)CC2)cc2ccccc21. The highest BCUT2D eigenvalue weighted by Crippen LogP contribution is 2.40. The fourth-order valence-corrected chi connectivity index (χ4v) is 4.89. The number of carbonyl (C=O) groups is 1. The Morgan fingerprint density at radius 1 is 1.15 bits per heavy atom. The summed E-state index contributed by atoms with van der Waals surface area (Å²) in [4.78, 5) is 16.7. The summed E-state index contributed by atoms with van der Waals surface area (Å²) in [5.74, 6) is 0.270. The third-order valence-corrected chi connectivity index (χ3v) is 6.69. The van der Waals surface area contributed by atoms with Crippen LogP contribution in [0.3, 0.4) is 0 Å². The van der Waals surface area contributed by atoms with Gasteiger partial charge in [-0.3, -0.25) is 9.69 Å². The number of fused-ring (bicyclic) bond motifs is 1. The number of nitrogens with zero attached hydrogens (tertiary/aromatic N) is 3. The van der Waals surface area contributed by atoms with E-state index in [1.54, 1.807) is 0 Å². The highest BCUT2D eigenvalue weighted by molar-refractivity contribution is 5.81. The van der Waals surface area contributed by atoms with Crippen molar-refractivity contribution in [1.82, 2.24) is 14.4 Å². The summed E-state index contributed by atoms with van der Waals surface area (Å²) >= 11 is 0. The van der Waals surface area contributed by atoms with Crippen molar-refractivity contribution in [3.05, 3.63) is 36.0 Å². The first-order valence-corrected chi connectivity index (χ1v) is 10.2. The number of amides is 1. The number of aryl methyl sites for hydroxylation is 1. The second kappa shape index (κ2) is 7.64. The summed E-state index contributed by atoms with van der Waals surface area (Å²) in [6.07, 6.45) is 4.73. The minimum Gasteiger partial charge on any atom is -0.396 e. The Labute approximate surface area is 161 Å². The van der Waals surface area contributed by atoms with E-state index in [1.807, 2.05) is 4.90 Å². The molecule has 2 saturated heterocycles. The molecule has 0 aliphatic carbocycles. The molecule has 0 atom stereocenters. The molecule has 1 N–H and O–H groups in total. The van der Waals surface area contributed by atoms with E-state index in [2.05, 4.69) is 46.8 Å². The first-order valence-electron chi connectivity index (χ1n) is 10.2. The molecule has 2 aliphatic heterocycles. The number of aliphatic hydroxyl groups is 1. The van der Waals surface area contributed by atoms with E-state index in [4.69, 9.17) is 5.11 Å². The van der Waals surface area contributed by atoms with Crippen molar-refractivity contribution < 1.29 is 9.90 Å². The minimum absolute atomic E-state index is 0.162. The summed E-state index contributed by atoms with van der Waals surface area (Å²) < 4.78 is 2.32. The predicted molar refractivity (Wildman–Crippen MR) is 107 cm³/mol. The van der Waals surface area contributed by atoms with Gasteiger partial charge in [0, 0.05) is 50.9 Å². The van der Waals surface area contributed by atoms with Crippen LogP contribution in [-0.2, 0) is 18.4 Å². The molecule has 5 nitrogen and oxygen atoms in total. The molecule has 4 rings (SSSR count). The maximum Gasteiger partial charge on any atom is 0.222 e. The van der Waals surface area contributed by atoms with Gasteiger partial charge in [0.2, 0.25) is 5.91 Å². The van der Waals surface area contributed by atoms with Crippen molar-refractivity contribution in [2.75, 3.05) is 32.8 Å². The van der Waals surface area contributed by atoms with Crippen molar-refractivity contribution in [1.29, 1.82) is 0 Å². The Morgan fingerprint density at radius 3 is 2.67 bits per heavy atom. The largest absolute Gasteiger partial charge is 0.396 e.